The molecule has 1 aliphatic rings. The highest BCUT2D eigenvalue weighted by Gasteiger charge is 2.25. The van der Waals surface area contributed by atoms with E-state index in [2.05, 4.69) is 4.98 Å². The Morgan fingerprint density at radius 2 is 2.29 bits per heavy atom. The van der Waals surface area contributed by atoms with Crippen LogP contribution >= 0.6 is 0 Å². The van der Waals surface area contributed by atoms with E-state index in [9.17, 15) is 4.79 Å². The quantitative estimate of drug-likeness (QED) is 0.813. The van der Waals surface area contributed by atoms with Gasteiger partial charge in [-0.1, -0.05) is 6.07 Å². The molecule has 0 saturated heterocycles. The van der Waals surface area contributed by atoms with Crippen molar-refractivity contribution in [1.82, 2.24) is 9.88 Å². The van der Waals surface area contributed by atoms with Gasteiger partial charge in [0.25, 0.3) is 0 Å². The van der Waals surface area contributed by atoms with E-state index in [1.165, 1.54) is 12.8 Å². The van der Waals surface area contributed by atoms with Crippen LogP contribution in [0.4, 0.5) is 0 Å². The SMILES string of the molecule is Cc1ccc(CN(CC(=O)O)CC2CC2)cn1. The largest absolute Gasteiger partial charge is 0.480 e. The number of carbonyl (C=O) groups is 1. The van der Waals surface area contributed by atoms with E-state index < -0.39 is 5.97 Å². The molecule has 1 aromatic rings. The van der Waals surface area contributed by atoms with Crippen LogP contribution in [0.15, 0.2) is 18.3 Å². The van der Waals surface area contributed by atoms with Crippen molar-refractivity contribution in [3.05, 3.63) is 29.6 Å². The molecule has 1 aromatic heterocycles. The summed E-state index contributed by atoms with van der Waals surface area (Å²) in [5.41, 5.74) is 2.07. The Hall–Kier alpha value is -1.42. The average molecular weight is 234 g/mol. The lowest BCUT2D eigenvalue weighted by Crippen LogP contribution is -2.31. The Labute approximate surface area is 101 Å². The second kappa shape index (κ2) is 5.27. The lowest BCUT2D eigenvalue weighted by atomic mass is 10.2. The zero-order valence-corrected chi connectivity index (χ0v) is 10.1. The summed E-state index contributed by atoms with van der Waals surface area (Å²) in [6, 6.07) is 3.98. The van der Waals surface area contributed by atoms with E-state index in [4.69, 9.17) is 5.11 Å². The van der Waals surface area contributed by atoms with E-state index in [0.29, 0.717) is 12.5 Å². The molecule has 1 aliphatic carbocycles. The van der Waals surface area contributed by atoms with Crippen molar-refractivity contribution < 1.29 is 9.90 Å². The zero-order chi connectivity index (χ0) is 12.3. The molecule has 1 saturated carbocycles. The topological polar surface area (TPSA) is 53.4 Å². The summed E-state index contributed by atoms with van der Waals surface area (Å²) >= 11 is 0. The van der Waals surface area contributed by atoms with Crippen LogP contribution in [-0.2, 0) is 11.3 Å². The first-order chi connectivity index (χ1) is 8.13. The van der Waals surface area contributed by atoms with Gasteiger partial charge in [-0.15, -0.1) is 0 Å². The Kier molecular flexibility index (Phi) is 3.74. The fraction of sp³-hybridized carbons (Fsp3) is 0.538. The molecule has 0 amide bonds. The molecule has 2 rings (SSSR count). The van der Waals surface area contributed by atoms with Crippen LogP contribution in [0, 0.1) is 12.8 Å². The highest BCUT2D eigenvalue weighted by Crippen LogP contribution is 2.30. The predicted octanol–water partition coefficient (Wildman–Crippen LogP) is 1.69. The van der Waals surface area contributed by atoms with Crippen molar-refractivity contribution in [3.8, 4) is 0 Å². The highest BCUT2D eigenvalue weighted by molar-refractivity contribution is 5.69. The Bertz CT molecular complexity index is 385. The van der Waals surface area contributed by atoms with Crippen LogP contribution in [0.5, 0.6) is 0 Å². The minimum Gasteiger partial charge on any atom is -0.480 e. The molecule has 4 nitrogen and oxygen atoms in total. The molecule has 0 aliphatic heterocycles. The number of aromatic nitrogens is 1. The molecule has 0 atom stereocenters. The Balaban J connectivity index is 1.94. The van der Waals surface area contributed by atoms with E-state index in [1.54, 1.807) is 0 Å². The Morgan fingerprint density at radius 1 is 1.53 bits per heavy atom. The summed E-state index contributed by atoms with van der Waals surface area (Å²) in [7, 11) is 0. The summed E-state index contributed by atoms with van der Waals surface area (Å²) in [6.45, 7) is 3.63. The van der Waals surface area contributed by atoms with Crippen LogP contribution < -0.4 is 0 Å². The first kappa shape index (κ1) is 12.0. The van der Waals surface area contributed by atoms with Gasteiger partial charge in [-0.25, -0.2) is 0 Å². The van der Waals surface area contributed by atoms with Gasteiger partial charge in [0.15, 0.2) is 0 Å². The van der Waals surface area contributed by atoms with Gasteiger partial charge in [0.05, 0.1) is 6.54 Å². The fourth-order valence-electron chi connectivity index (χ4n) is 1.89. The van der Waals surface area contributed by atoms with Crippen LogP contribution in [-0.4, -0.2) is 34.0 Å². The normalized spacial score (nSPS) is 15.2. The molecule has 0 radical (unpaired) electrons. The fourth-order valence-corrected chi connectivity index (χ4v) is 1.89. The minimum atomic E-state index is -0.759. The van der Waals surface area contributed by atoms with Crippen LogP contribution in [0.25, 0.3) is 0 Å². The van der Waals surface area contributed by atoms with Crippen LogP contribution in [0.2, 0.25) is 0 Å². The van der Waals surface area contributed by atoms with E-state index >= 15 is 0 Å². The van der Waals surface area contributed by atoms with Gasteiger partial charge >= 0.3 is 5.97 Å². The van der Waals surface area contributed by atoms with Gasteiger partial charge in [0.2, 0.25) is 0 Å². The van der Waals surface area contributed by atoms with Crippen molar-refractivity contribution in [3.63, 3.8) is 0 Å². The third-order valence-corrected chi connectivity index (χ3v) is 2.95. The highest BCUT2D eigenvalue weighted by atomic mass is 16.4. The van der Waals surface area contributed by atoms with Gasteiger partial charge in [-0.3, -0.25) is 14.7 Å². The molecule has 0 bridgehead atoms. The standard InChI is InChI=1S/C13H18N2O2/c1-10-2-3-12(6-14-10)8-15(9-13(16)17)7-11-4-5-11/h2-3,6,11H,4-5,7-9H2,1H3,(H,16,17). The summed E-state index contributed by atoms with van der Waals surface area (Å²) in [4.78, 5) is 17.0. The maximum atomic E-state index is 10.8. The van der Waals surface area contributed by atoms with Crippen molar-refractivity contribution >= 4 is 5.97 Å². The first-order valence-corrected chi connectivity index (χ1v) is 5.99. The number of pyridine rings is 1. The lowest BCUT2D eigenvalue weighted by molar-refractivity contribution is -0.138. The summed E-state index contributed by atoms with van der Waals surface area (Å²) in [5, 5.41) is 8.88. The maximum absolute atomic E-state index is 10.8. The van der Waals surface area contributed by atoms with Gasteiger partial charge in [0.1, 0.15) is 0 Å². The molecular weight excluding hydrogens is 216 g/mol. The predicted molar refractivity (Wildman–Crippen MR) is 64.6 cm³/mol. The van der Waals surface area contributed by atoms with Gasteiger partial charge in [0, 0.05) is 25.0 Å². The summed E-state index contributed by atoms with van der Waals surface area (Å²) in [6.07, 6.45) is 4.31. The van der Waals surface area contributed by atoms with Crippen LogP contribution in [0.1, 0.15) is 24.1 Å². The molecule has 92 valence electrons. The van der Waals surface area contributed by atoms with Crippen molar-refractivity contribution in [2.75, 3.05) is 13.1 Å². The lowest BCUT2D eigenvalue weighted by Gasteiger charge is -2.19. The van der Waals surface area contributed by atoms with E-state index in [-0.39, 0.29) is 6.54 Å². The molecule has 1 N–H and O–H groups in total. The molecule has 0 aromatic carbocycles. The van der Waals surface area contributed by atoms with Gasteiger partial charge in [-0.05, 0) is 37.3 Å². The second-order valence-electron chi connectivity index (χ2n) is 4.81. The van der Waals surface area contributed by atoms with Crippen molar-refractivity contribution in [1.29, 1.82) is 0 Å². The van der Waals surface area contributed by atoms with Crippen LogP contribution in [0.3, 0.4) is 0 Å². The number of hydrogen-bond acceptors (Lipinski definition) is 3. The molecule has 0 spiro atoms. The third kappa shape index (κ3) is 4.15. The van der Waals surface area contributed by atoms with E-state index in [1.807, 2.05) is 30.2 Å². The number of rotatable bonds is 6. The van der Waals surface area contributed by atoms with E-state index in [0.717, 1.165) is 17.8 Å². The Morgan fingerprint density at radius 3 is 2.82 bits per heavy atom. The molecule has 1 fully saturated rings. The zero-order valence-electron chi connectivity index (χ0n) is 10.1. The first-order valence-electron chi connectivity index (χ1n) is 5.99. The average Bonchev–Trinajstić information content (AvgIpc) is 3.04. The molecular formula is C13H18N2O2. The van der Waals surface area contributed by atoms with Crippen molar-refractivity contribution in [2.24, 2.45) is 5.92 Å². The number of aryl methyl sites for hydroxylation is 1. The second-order valence-corrected chi connectivity index (χ2v) is 4.81. The number of carboxylic acids is 1. The summed E-state index contributed by atoms with van der Waals surface area (Å²) < 4.78 is 0. The minimum absolute atomic E-state index is 0.115. The monoisotopic (exact) mass is 234 g/mol. The number of hydrogen-bond donors (Lipinski definition) is 1. The number of nitrogens with zero attached hydrogens (tertiary/aromatic N) is 2. The maximum Gasteiger partial charge on any atom is 0.317 e. The molecule has 17 heavy (non-hydrogen) atoms. The number of aliphatic carboxylic acids is 1. The molecule has 1 heterocycles. The van der Waals surface area contributed by atoms with Crippen molar-refractivity contribution in [2.45, 2.75) is 26.3 Å². The van der Waals surface area contributed by atoms with Gasteiger partial charge < -0.3 is 5.11 Å². The summed E-state index contributed by atoms with van der Waals surface area (Å²) in [5.74, 6) is -0.0570. The number of carboxylic acid groups (broad SMARTS) is 1. The third-order valence-electron chi connectivity index (χ3n) is 2.95. The van der Waals surface area contributed by atoms with Gasteiger partial charge in [-0.2, -0.15) is 0 Å². The molecule has 0 unspecified atom stereocenters. The smallest absolute Gasteiger partial charge is 0.317 e. The molecule has 4 heteroatoms.